The molecule has 0 amide bonds. The van der Waals surface area contributed by atoms with Crippen LogP contribution >= 0.6 is 11.6 Å². The molecule has 0 saturated carbocycles. The minimum atomic E-state index is 0.550. The molecule has 2 aromatic heterocycles. The third kappa shape index (κ3) is 2.57. The van der Waals surface area contributed by atoms with E-state index in [4.69, 9.17) is 16.1 Å². The number of nitrogens with zero attached hydrogens (tertiary/aromatic N) is 5. The number of hydrogen-bond acceptors (Lipinski definition) is 5. The Morgan fingerprint density at radius 1 is 1.00 bits per heavy atom. The lowest BCUT2D eigenvalue weighted by Gasteiger charge is -2.04. The monoisotopic (exact) mass is 337 g/mol. The molecule has 0 atom stereocenters. The summed E-state index contributed by atoms with van der Waals surface area (Å²) < 4.78 is 7.07. The first-order chi connectivity index (χ1) is 11.7. The smallest absolute Gasteiger partial charge is 0.192 e. The van der Waals surface area contributed by atoms with Crippen molar-refractivity contribution in [1.82, 2.24) is 25.4 Å². The van der Waals surface area contributed by atoms with Gasteiger partial charge in [0.2, 0.25) is 0 Å². The molecule has 0 radical (unpaired) electrons. The maximum Gasteiger partial charge on any atom is 0.192 e. The van der Waals surface area contributed by atoms with Crippen LogP contribution in [0, 0.1) is 6.92 Å². The van der Waals surface area contributed by atoms with Gasteiger partial charge in [-0.05, 0) is 41.6 Å². The summed E-state index contributed by atoms with van der Waals surface area (Å²) in [5.74, 6) is 1.18. The third-order valence-electron chi connectivity index (χ3n) is 3.67. The van der Waals surface area contributed by atoms with Gasteiger partial charge in [-0.2, -0.15) is 4.68 Å². The minimum Gasteiger partial charge on any atom is -0.356 e. The molecule has 24 heavy (non-hydrogen) atoms. The summed E-state index contributed by atoms with van der Waals surface area (Å²) in [6.07, 6.45) is 1.62. The number of aromatic nitrogens is 5. The number of hydrogen-bond donors (Lipinski definition) is 0. The highest BCUT2D eigenvalue weighted by Crippen LogP contribution is 2.31. The van der Waals surface area contributed by atoms with Crippen molar-refractivity contribution in [3.8, 4) is 28.4 Å². The molecule has 7 heteroatoms. The van der Waals surface area contributed by atoms with Crippen LogP contribution in [0.5, 0.6) is 0 Å². The van der Waals surface area contributed by atoms with Crippen molar-refractivity contribution in [3.05, 3.63) is 65.3 Å². The summed E-state index contributed by atoms with van der Waals surface area (Å²) in [7, 11) is 0. The first-order valence-electron chi connectivity index (χ1n) is 7.29. The molecule has 118 valence electrons. The quantitative estimate of drug-likeness (QED) is 0.566. The Balaban J connectivity index is 1.82. The van der Waals surface area contributed by atoms with Crippen molar-refractivity contribution >= 4 is 11.6 Å². The third-order valence-corrected chi connectivity index (χ3v) is 3.92. The Kier molecular flexibility index (Phi) is 3.59. The van der Waals surface area contributed by atoms with Gasteiger partial charge in [0.1, 0.15) is 0 Å². The van der Waals surface area contributed by atoms with E-state index < -0.39 is 0 Å². The number of benzene rings is 2. The van der Waals surface area contributed by atoms with Gasteiger partial charge in [0.25, 0.3) is 0 Å². The summed E-state index contributed by atoms with van der Waals surface area (Å²) in [5, 5.41) is 16.6. The fraction of sp³-hybridized carbons (Fsp3) is 0.0588. The summed E-state index contributed by atoms with van der Waals surface area (Å²) in [5.41, 5.74) is 3.61. The van der Waals surface area contributed by atoms with Gasteiger partial charge in [0.15, 0.2) is 11.6 Å². The first kappa shape index (κ1) is 14.6. The Morgan fingerprint density at radius 3 is 2.50 bits per heavy atom. The van der Waals surface area contributed by atoms with E-state index in [9.17, 15) is 0 Å². The van der Waals surface area contributed by atoms with E-state index >= 15 is 0 Å². The van der Waals surface area contributed by atoms with Gasteiger partial charge in [0.05, 0.1) is 17.4 Å². The Morgan fingerprint density at radius 2 is 1.75 bits per heavy atom. The van der Waals surface area contributed by atoms with Gasteiger partial charge in [0, 0.05) is 10.6 Å². The van der Waals surface area contributed by atoms with E-state index in [1.54, 1.807) is 23.0 Å². The van der Waals surface area contributed by atoms with Crippen LogP contribution in [0.1, 0.15) is 5.56 Å². The molecule has 0 fully saturated rings. The van der Waals surface area contributed by atoms with Gasteiger partial charge in [-0.3, -0.25) is 0 Å². The average molecular weight is 338 g/mol. The minimum absolute atomic E-state index is 0.550. The second-order valence-corrected chi connectivity index (χ2v) is 5.76. The molecule has 0 aliphatic rings. The van der Waals surface area contributed by atoms with Crippen molar-refractivity contribution < 1.29 is 4.52 Å². The van der Waals surface area contributed by atoms with Crippen LogP contribution < -0.4 is 0 Å². The molecule has 0 N–H and O–H groups in total. The van der Waals surface area contributed by atoms with Crippen molar-refractivity contribution in [2.24, 2.45) is 0 Å². The highest BCUT2D eigenvalue weighted by molar-refractivity contribution is 6.30. The molecule has 4 aromatic rings. The molecule has 6 nitrogen and oxygen atoms in total. The van der Waals surface area contributed by atoms with E-state index in [2.05, 4.69) is 20.7 Å². The van der Waals surface area contributed by atoms with Crippen LogP contribution in [0.4, 0.5) is 0 Å². The number of rotatable bonds is 3. The van der Waals surface area contributed by atoms with Gasteiger partial charge >= 0.3 is 0 Å². The van der Waals surface area contributed by atoms with Crippen LogP contribution in [0.25, 0.3) is 28.4 Å². The predicted octanol–water partition coefficient (Wildman–Crippen LogP) is 3.95. The van der Waals surface area contributed by atoms with E-state index in [1.165, 1.54) is 5.56 Å². The van der Waals surface area contributed by atoms with E-state index in [-0.39, 0.29) is 0 Å². The van der Waals surface area contributed by atoms with Crippen molar-refractivity contribution in [2.75, 3.05) is 0 Å². The van der Waals surface area contributed by atoms with Crippen molar-refractivity contribution in [1.29, 1.82) is 0 Å². The molecule has 0 aliphatic carbocycles. The van der Waals surface area contributed by atoms with E-state index in [0.29, 0.717) is 16.6 Å². The van der Waals surface area contributed by atoms with Gasteiger partial charge < -0.3 is 4.52 Å². The Bertz CT molecular complexity index is 891. The molecule has 4 rings (SSSR count). The van der Waals surface area contributed by atoms with Gasteiger partial charge in [-0.15, -0.1) is 5.10 Å². The lowest BCUT2D eigenvalue weighted by atomic mass is 10.1. The molecule has 2 heterocycles. The Hall–Kier alpha value is -2.99. The predicted molar refractivity (Wildman–Crippen MR) is 89.8 cm³/mol. The molecular weight excluding hydrogens is 326 g/mol. The molecule has 2 aromatic carbocycles. The normalized spacial score (nSPS) is 10.9. The van der Waals surface area contributed by atoms with Crippen LogP contribution in [-0.2, 0) is 0 Å². The second kappa shape index (κ2) is 5.90. The average Bonchev–Trinajstić information content (AvgIpc) is 3.25. The number of aryl methyl sites for hydroxylation is 1. The molecular formula is C17H12ClN5O. The summed E-state index contributed by atoms with van der Waals surface area (Å²) in [6, 6.07) is 15.3. The summed E-state index contributed by atoms with van der Waals surface area (Å²) in [6.45, 7) is 2.03. The SMILES string of the molecule is Cc1ccc(-c2oncc2-c2nnnn2-c2ccc(Cl)cc2)cc1. The fourth-order valence-corrected chi connectivity index (χ4v) is 2.55. The standard InChI is InChI=1S/C17H12ClN5O/c1-11-2-4-12(5-3-11)16-15(10-19-24-16)17-20-21-22-23(17)14-8-6-13(18)7-9-14/h2-10H,1H3. The lowest BCUT2D eigenvalue weighted by Crippen LogP contribution is -1.99. The Labute approximate surface area is 142 Å². The number of halogens is 1. The number of tetrazole rings is 1. The molecule has 0 unspecified atom stereocenters. The van der Waals surface area contributed by atoms with E-state index in [0.717, 1.165) is 16.8 Å². The zero-order valence-corrected chi connectivity index (χ0v) is 13.5. The maximum absolute atomic E-state index is 5.94. The lowest BCUT2D eigenvalue weighted by molar-refractivity contribution is 0.432. The van der Waals surface area contributed by atoms with Crippen molar-refractivity contribution in [3.63, 3.8) is 0 Å². The zero-order chi connectivity index (χ0) is 16.5. The van der Waals surface area contributed by atoms with Gasteiger partial charge in [-0.1, -0.05) is 46.6 Å². The zero-order valence-electron chi connectivity index (χ0n) is 12.7. The highest BCUT2D eigenvalue weighted by atomic mass is 35.5. The van der Waals surface area contributed by atoms with Crippen LogP contribution in [0.15, 0.2) is 59.3 Å². The summed E-state index contributed by atoms with van der Waals surface area (Å²) in [4.78, 5) is 0. The maximum atomic E-state index is 5.94. The first-order valence-corrected chi connectivity index (χ1v) is 7.66. The van der Waals surface area contributed by atoms with Gasteiger partial charge in [-0.25, -0.2) is 0 Å². The van der Waals surface area contributed by atoms with E-state index in [1.807, 2.05) is 43.3 Å². The second-order valence-electron chi connectivity index (χ2n) is 5.33. The topological polar surface area (TPSA) is 69.6 Å². The molecule has 0 bridgehead atoms. The molecule has 0 saturated heterocycles. The van der Waals surface area contributed by atoms with Crippen LogP contribution in [0.2, 0.25) is 5.02 Å². The fourth-order valence-electron chi connectivity index (χ4n) is 2.42. The van der Waals surface area contributed by atoms with Crippen LogP contribution in [0.3, 0.4) is 0 Å². The highest BCUT2D eigenvalue weighted by Gasteiger charge is 2.19. The molecule has 0 spiro atoms. The summed E-state index contributed by atoms with van der Waals surface area (Å²) >= 11 is 5.94. The molecule has 0 aliphatic heterocycles. The largest absolute Gasteiger partial charge is 0.356 e. The van der Waals surface area contributed by atoms with Crippen molar-refractivity contribution in [2.45, 2.75) is 6.92 Å². The van der Waals surface area contributed by atoms with Crippen LogP contribution in [-0.4, -0.2) is 25.4 Å².